The predicted molar refractivity (Wildman–Crippen MR) is 125 cm³/mol. The quantitative estimate of drug-likeness (QED) is 0.620. The Bertz CT molecular complexity index is 711. The average molecular weight is 481 g/mol. The molecule has 1 aliphatic heterocycles. The molecule has 1 aromatic carbocycles. The molecule has 0 radical (unpaired) electrons. The van der Waals surface area contributed by atoms with Crippen molar-refractivity contribution in [3.05, 3.63) is 34.3 Å². The zero-order valence-corrected chi connectivity index (χ0v) is 20.7. The zero-order chi connectivity index (χ0) is 22.3. The second-order valence-corrected chi connectivity index (χ2v) is 9.98. The molecule has 1 atom stereocenters. The van der Waals surface area contributed by atoms with Crippen LogP contribution in [0.3, 0.4) is 0 Å². The number of hydrogen-bond donors (Lipinski definition) is 1. The van der Waals surface area contributed by atoms with Crippen LogP contribution >= 0.6 is 15.9 Å². The van der Waals surface area contributed by atoms with Gasteiger partial charge >= 0.3 is 0 Å². The maximum Gasteiger partial charge on any atom is 0.236 e. The summed E-state index contributed by atoms with van der Waals surface area (Å²) >= 11 is 3.64. The summed E-state index contributed by atoms with van der Waals surface area (Å²) in [5, 5.41) is 3.00. The largest absolute Gasteiger partial charge is 0.350 e. The number of rotatable bonds is 8. The molecule has 1 heterocycles. The Morgan fingerprint density at radius 1 is 1.17 bits per heavy atom. The Balaban J connectivity index is 1.89. The first-order valence-corrected chi connectivity index (χ1v) is 11.7. The molecule has 1 aliphatic rings. The number of piperazine rings is 1. The van der Waals surface area contributed by atoms with Gasteiger partial charge in [-0.05, 0) is 52.3 Å². The van der Waals surface area contributed by atoms with Gasteiger partial charge in [-0.25, -0.2) is 0 Å². The Kier molecular flexibility index (Phi) is 9.31. The van der Waals surface area contributed by atoms with Crippen LogP contribution in [0.15, 0.2) is 28.7 Å². The highest BCUT2D eigenvalue weighted by Crippen LogP contribution is 2.27. The summed E-state index contributed by atoms with van der Waals surface area (Å²) in [5.74, 6) is 0.208. The van der Waals surface area contributed by atoms with Gasteiger partial charge in [0.25, 0.3) is 0 Å². The van der Waals surface area contributed by atoms with Crippen molar-refractivity contribution in [3.8, 4) is 0 Å². The summed E-state index contributed by atoms with van der Waals surface area (Å²) in [5.41, 5.74) is 0.982. The van der Waals surface area contributed by atoms with Gasteiger partial charge in [-0.15, -0.1) is 0 Å². The van der Waals surface area contributed by atoms with Gasteiger partial charge in [0.1, 0.15) is 0 Å². The van der Waals surface area contributed by atoms with Gasteiger partial charge in [-0.1, -0.05) is 41.1 Å². The minimum atomic E-state index is -0.220. The Morgan fingerprint density at radius 2 is 1.80 bits per heavy atom. The summed E-state index contributed by atoms with van der Waals surface area (Å²) in [4.78, 5) is 31.5. The Labute approximate surface area is 190 Å². The molecule has 1 N–H and O–H groups in total. The van der Waals surface area contributed by atoms with Crippen molar-refractivity contribution >= 4 is 27.7 Å². The van der Waals surface area contributed by atoms with Crippen LogP contribution < -0.4 is 5.32 Å². The standard InChI is InChI=1S/C23H37BrN4O2/c1-6-11-28(18(2)19-9-7-8-10-20(19)24)17-22(30)27-14-12-26(13-15-27)16-21(29)25-23(3,4)5/h7-10,18H,6,11-17H2,1-5H3,(H,25,29). The van der Waals surface area contributed by atoms with E-state index in [0.717, 1.165) is 30.5 Å². The van der Waals surface area contributed by atoms with E-state index < -0.39 is 0 Å². The van der Waals surface area contributed by atoms with E-state index in [1.54, 1.807) is 0 Å². The molecule has 0 aliphatic carbocycles. The van der Waals surface area contributed by atoms with Gasteiger partial charge in [0.05, 0.1) is 13.1 Å². The minimum absolute atomic E-state index is 0.0404. The third kappa shape index (κ3) is 7.67. The lowest BCUT2D eigenvalue weighted by atomic mass is 10.1. The zero-order valence-electron chi connectivity index (χ0n) is 19.1. The number of amides is 2. The first kappa shape index (κ1) is 24.8. The van der Waals surface area contributed by atoms with E-state index in [1.807, 2.05) is 43.9 Å². The molecular formula is C23H37BrN4O2. The van der Waals surface area contributed by atoms with Crippen LogP contribution in [0, 0.1) is 0 Å². The van der Waals surface area contributed by atoms with Crippen LogP contribution in [-0.2, 0) is 9.59 Å². The molecule has 7 heteroatoms. The van der Waals surface area contributed by atoms with Crippen LogP contribution in [0.4, 0.5) is 0 Å². The maximum atomic E-state index is 13.0. The van der Waals surface area contributed by atoms with Gasteiger partial charge in [-0.2, -0.15) is 0 Å². The normalized spacial score (nSPS) is 16.6. The fourth-order valence-electron chi connectivity index (χ4n) is 3.80. The van der Waals surface area contributed by atoms with E-state index in [1.165, 1.54) is 5.56 Å². The molecule has 6 nitrogen and oxygen atoms in total. The van der Waals surface area contributed by atoms with Gasteiger partial charge in [0, 0.05) is 42.2 Å². The Hall–Kier alpha value is -1.44. The van der Waals surface area contributed by atoms with Gasteiger partial charge < -0.3 is 10.2 Å². The number of nitrogens with zero attached hydrogens (tertiary/aromatic N) is 3. The third-order valence-electron chi connectivity index (χ3n) is 5.36. The number of hydrogen-bond acceptors (Lipinski definition) is 4. The van der Waals surface area contributed by atoms with Crippen molar-refractivity contribution in [3.63, 3.8) is 0 Å². The van der Waals surface area contributed by atoms with Crippen LogP contribution in [0.2, 0.25) is 0 Å². The van der Waals surface area contributed by atoms with E-state index in [4.69, 9.17) is 0 Å². The lowest BCUT2D eigenvalue weighted by molar-refractivity contribution is -0.135. The van der Waals surface area contributed by atoms with Crippen LogP contribution in [0.25, 0.3) is 0 Å². The number of carbonyl (C=O) groups excluding carboxylic acids is 2. The van der Waals surface area contributed by atoms with Gasteiger partial charge in [-0.3, -0.25) is 19.4 Å². The lowest BCUT2D eigenvalue weighted by Crippen LogP contribution is -2.54. The van der Waals surface area contributed by atoms with Crippen molar-refractivity contribution in [2.45, 2.75) is 52.6 Å². The van der Waals surface area contributed by atoms with Crippen LogP contribution in [0.1, 0.15) is 52.6 Å². The molecule has 2 rings (SSSR count). The summed E-state index contributed by atoms with van der Waals surface area (Å²) in [7, 11) is 0. The van der Waals surface area contributed by atoms with Crippen LogP contribution in [-0.4, -0.2) is 77.9 Å². The molecule has 0 spiro atoms. The van der Waals surface area contributed by atoms with Crippen LogP contribution in [0.5, 0.6) is 0 Å². The second kappa shape index (κ2) is 11.3. The van der Waals surface area contributed by atoms with Crippen molar-refractivity contribution < 1.29 is 9.59 Å². The molecule has 0 saturated carbocycles. The molecule has 30 heavy (non-hydrogen) atoms. The summed E-state index contributed by atoms with van der Waals surface area (Å²) in [6.45, 7) is 14.8. The van der Waals surface area contributed by atoms with E-state index in [-0.39, 0.29) is 23.4 Å². The predicted octanol–water partition coefficient (Wildman–Crippen LogP) is 3.28. The number of halogens is 1. The van der Waals surface area contributed by atoms with Crippen molar-refractivity contribution in [1.29, 1.82) is 0 Å². The highest BCUT2D eigenvalue weighted by atomic mass is 79.9. The molecule has 1 fully saturated rings. The fraction of sp³-hybridized carbons (Fsp3) is 0.652. The Morgan fingerprint density at radius 3 is 2.37 bits per heavy atom. The molecular weight excluding hydrogens is 444 g/mol. The van der Waals surface area contributed by atoms with Gasteiger partial charge in [0.15, 0.2) is 0 Å². The minimum Gasteiger partial charge on any atom is -0.350 e. The van der Waals surface area contributed by atoms with Crippen molar-refractivity contribution in [2.24, 2.45) is 0 Å². The molecule has 2 amide bonds. The van der Waals surface area contributed by atoms with Crippen molar-refractivity contribution in [2.75, 3.05) is 45.8 Å². The lowest BCUT2D eigenvalue weighted by Gasteiger charge is -2.37. The maximum absolute atomic E-state index is 13.0. The first-order valence-electron chi connectivity index (χ1n) is 10.9. The van der Waals surface area contributed by atoms with E-state index in [0.29, 0.717) is 26.2 Å². The highest BCUT2D eigenvalue weighted by molar-refractivity contribution is 9.10. The molecule has 0 bridgehead atoms. The first-order chi connectivity index (χ1) is 14.1. The molecule has 1 saturated heterocycles. The molecule has 168 valence electrons. The molecule has 0 aromatic heterocycles. The fourth-order valence-corrected chi connectivity index (χ4v) is 4.41. The number of benzene rings is 1. The van der Waals surface area contributed by atoms with Crippen molar-refractivity contribution in [1.82, 2.24) is 20.0 Å². The summed E-state index contributed by atoms with van der Waals surface area (Å²) < 4.78 is 1.08. The van der Waals surface area contributed by atoms with Gasteiger partial charge in [0.2, 0.25) is 11.8 Å². The third-order valence-corrected chi connectivity index (χ3v) is 6.08. The average Bonchev–Trinajstić information content (AvgIpc) is 2.66. The SMILES string of the molecule is CCCN(CC(=O)N1CCN(CC(=O)NC(C)(C)C)CC1)C(C)c1ccccc1Br. The van der Waals surface area contributed by atoms with E-state index in [9.17, 15) is 9.59 Å². The number of nitrogens with one attached hydrogen (secondary N) is 1. The summed E-state index contributed by atoms with van der Waals surface area (Å²) in [6, 6.07) is 8.37. The highest BCUT2D eigenvalue weighted by Gasteiger charge is 2.26. The smallest absolute Gasteiger partial charge is 0.236 e. The van der Waals surface area contributed by atoms with E-state index in [2.05, 4.69) is 51.0 Å². The number of carbonyl (C=O) groups is 2. The van der Waals surface area contributed by atoms with E-state index >= 15 is 0 Å². The monoisotopic (exact) mass is 480 g/mol. The summed E-state index contributed by atoms with van der Waals surface area (Å²) in [6.07, 6.45) is 0.999. The molecule has 1 aromatic rings. The topological polar surface area (TPSA) is 55.9 Å². The molecule has 1 unspecified atom stereocenters. The second-order valence-electron chi connectivity index (χ2n) is 9.12.